The molecule has 33 heavy (non-hydrogen) atoms. The number of benzene rings is 2. The van der Waals surface area contributed by atoms with Crippen LogP contribution in [0.5, 0.6) is 5.75 Å². The Morgan fingerprint density at radius 3 is 2.70 bits per heavy atom. The van der Waals surface area contributed by atoms with Gasteiger partial charge in [-0.05, 0) is 86.8 Å². The van der Waals surface area contributed by atoms with Crippen molar-refractivity contribution in [1.29, 1.82) is 5.26 Å². The Morgan fingerprint density at radius 1 is 1.15 bits per heavy atom. The molecular weight excluding hydrogens is 416 g/mol. The van der Waals surface area contributed by atoms with Crippen LogP contribution in [0.3, 0.4) is 0 Å². The zero-order chi connectivity index (χ0) is 23.2. The minimum absolute atomic E-state index is 0.0497. The van der Waals surface area contributed by atoms with Crippen molar-refractivity contribution in [3.8, 4) is 11.8 Å². The first-order valence-corrected chi connectivity index (χ1v) is 11.5. The molecule has 1 spiro atoms. The number of ether oxygens (including phenoxy) is 1. The Balaban J connectivity index is 1.22. The maximum absolute atomic E-state index is 12.9. The van der Waals surface area contributed by atoms with Gasteiger partial charge in [-0.3, -0.25) is 14.5 Å². The van der Waals surface area contributed by atoms with Crippen LogP contribution >= 0.6 is 0 Å². The van der Waals surface area contributed by atoms with Gasteiger partial charge in [-0.25, -0.2) is 0 Å². The van der Waals surface area contributed by atoms with Crippen LogP contribution in [-0.4, -0.2) is 49.5 Å². The summed E-state index contributed by atoms with van der Waals surface area (Å²) in [5, 5.41) is 12.3. The van der Waals surface area contributed by atoms with E-state index in [0.717, 1.165) is 60.6 Å². The summed E-state index contributed by atoms with van der Waals surface area (Å²) in [6.45, 7) is 4.30. The number of piperidine rings is 1. The van der Waals surface area contributed by atoms with Crippen LogP contribution in [0.2, 0.25) is 0 Å². The summed E-state index contributed by atoms with van der Waals surface area (Å²) in [7, 11) is 1.82. The third-order valence-electron chi connectivity index (χ3n) is 7.51. The fourth-order valence-electron chi connectivity index (χ4n) is 5.37. The highest BCUT2D eigenvalue weighted by Crippen LogP contribution is 2.45. The minimum atomic E-state index is -0.540. The molecule has 3 aliphatic rings. The Bertz CT molecular complexity index is 1160. The molecule has 0 aliphatic carbocycles. The molecule has 170 valence electrons. The highest BCUT2D eigenvalue weighted by Gasteiger charge is 2.48. The second-order valence-corrected chi connectivity index (χ2v) is 9.35. The highest BCUT2D eigenvalue weighted by molar-refractivity contribution is 6.06. The molecule has 5 rings (SSSR count). The molecule has 0 unspecified atom stereocenters. The lowest BCUT2D eigenvalue weighted by molar-refractivity contribution is -0.122. The van der Waals surface area contributed by atoms with E-state index in [1.807, 2.05) is 37.4 Å². The van der Waals surface area contributed by atoms with E-state index in [0.29, 0.717) is 18.6 Å². The summed E-state index contributed by atoms with van der Waals surface area (Å²) in [6.07, 6.45) is 2.73. The molecule has 2 aromatic carbocycles. The third-order valence-corrected chi connectivity index (χ3v) is 7.51. The van der Waals surface area contributed by atoms with Gasteiger partial charge in [0.2, 0.25) is 11.8 Å². The van der Waals surface area contributed by atoms with Gasteiger partial charge >= 0.3 is 0 Å². The topological polar surface area (TPSA) is 85.7 Å². The van der Waals surface area contributed by atoms with E-state index >= 15 is 0 Å². The molecule has 0 bridgehead atoms. The first-order chi connectivity index (χ1) is 15.9. The number of amides is 2. The largest absolute Gasteiger partial charge is 0.492 e. The van der Waals surface area contributed by atoms with E-state index in [2.05, 4.69) is 23.2 Å². The second kappa shape index (κ2) is 8.20. The van der Waals surface area contributed by atoms with Gasteiger partial charge in [0.25, 0.3) is 0 Å². The summed E-state index contributed by atoms with van der Waals surface area (Å²) in [4.78, 5) is 28.9. The van der Waals surface area contributed by atoms with E-state index < -0.39 is 5.41 Å². The van der Waals surface area contributed by atoms with Crippen LogP contribution < -0.4 is 15.0 Å². The van der Waals surface area contributed by atoms with Crippen molar-refractivity contribution in [1.82, 2.24) is 4.90 Å². The van der Waals surface area contributed by atoms with Gasteiger partial charge in [0, 0.05) is 30.9 Å². The molecular formula is C26H28N4O3. The van der Waals surface area contributed by atoms with Gasteiger partial charge in [-0.15, -0.1) is 0 Å². The number of nitriles is 1. The predicted octanol–water partition coefficient (Wildman–Crippen LogP) is 3.22. The van der Waals surface area contributed by atoms with Crippen LogP contribution in [0.4, 0.5) is 11.4 Å². The van der Waals surface area contributed by atoms with E-state index in [9.17, 15) is 14.9 Å². The average Bonchev–Trinajstić information content (AvgIpc) is 3.10. The molecule has 3 heterocycles. The van der Waals surface area contributed by atoms with Crippen molar-refractivity contribution < 1.29 is 14.3 Å². The molecule has 1 N–H and O–H groups in total. The highest BCUT2D eigenvalue weighted by atomic mass is 16.5. The van der Waals surface area contributed by atoms with Crippen LogP contribution in [0.25, 0.3) is 0 Å². The summed E-state index contributed by atoms with van der Waals surface area (Å²) < 4.78 is 6.11. The molecule has 7 heteroatoms. The molecule has 2 amide bonds. The Labute approximate surface area is 193 Å². The average molecular weight is 445 g/mol. The number of aryl methyl sites for hydroxylation is 1. The summed E-state index contributed by atoms with van der Waals surface area (Å²) >= 11 is 0. The number of hydrogen-bond acceptors (Lipinski definition) is 5. The lowest BCUT2D eigenvalue weighted by Gasteiger charge is -2.40. The molecule has 2 aromatic rings. The van der Waals surface area contributed by atoms with Gasteiger partial charge in [0.15, 0.2) is 0 Å². The molecule has 7 nitrogen and oxygen atoms in total. The number of hydrogen-bond donors (Lipinski definition) is 1. The van der Waals surface area contributed by atoms with Crippen molar-refractivity contribution in [3.05, 3.63) is 53.1 Å². The van der Waals surface area contributed by atoms with E-state index in [4.69, 9.17) is 4.74 Å². The molecule has 0 saturated carbocycles. The van der Waals surface area contributed by atoms with Gasteiger partial charge in [0.05, 0.1) is 17.0 Å². The molecule has 0 radical (unpaired) electrons. The van der Waals surface area contributed by atoms with Crippen LogP contribution in [0.15, 0.2) is 36.4 Å². The first kappa shape index (κ1) is 21.5. The predicted molar refractivity (Wildman–Crippen MR) is 125 cm³/mol. The minimum Gasteiger partial charge on any atom is -0.492 e. The smallest absolute Gasteiger partial charge is 0.235 e. The maximum Gasteiger partial charge on any atom is 0.235 e. The van der Waals surface area contributed by atoms with Gasteiger partial charge in [0.1, 0.15) is 12.4 Å². The third kappa shape index (κ3) is 3.65. The van der Waals surface area contributed by atoms with Crippen molar-refractivity contribution >= 4 is 23.2 Å². The van der Waals surface area contributed by atoms with Gasteiger partial charge in [-0.2, -0.15) is 5.26 Å². The molecule has 1 atom stereocenters. The molecule has 1 fully saturated rings. The number of likely N-dealkylation sites (tertiary alicyclic amines) is 1. The van der Waals surface area contributed by atoms with E-state index in [1.54, 1.807) is 11.0 Å². The van der Waals surface area contributed by atoms with Crippen LogP contribution in [0.1, 0.15) is 42.9 Å². The monoisotopic (exact) mass is 444 g/mol. The van der Waals surface area contributed by atoms with Crippen LogP contribution in [-0.2, 0) is 21.4 Å². The van der Waals surface area contributed by atoms with E-state index in [1.165, 1.54) is 0 Å². The number of nitrogens with one attached hydrogen (secondary N) is 1. The SMILES string of the molecule is C[C@@H](COc1ccc2c(c1)CCC(=O)N2C)N1CCC2(CC1)C(=O)Nc1ccc(C#N)cc12. The molecule has 3 aliphatic heterocycles. The standard InChI is InChI=1S/C26H28N4O3/c1-17(16-33-20-5-7-23-19(14-20)4-8-24(31)29(23)2)30-11-9-26(10-12-30)21-13-18(15-27)3-6-22(21)28-25(26)32/h3,5-7,13-14,17H,4,8-12,16H2,1-2H3,(H,28,32)/t17-/m0/s1. The van der Waals surface area contributed by atoms with Crippen molar-refractivity contribution in [2.45, 2.75) is 44.1 Å². The number of anilines is 2. The van der Waals surface area contributed by atoms with Crippen LogP contribution in [0, 0.1) is 11.3 Å². The molecule has 1 saturated heterocycles. The molecule has 0 aromatic heterocycles. The quantitative estimate of drug-likeness (QED) is 0.783. The van der Waals surface area contributed by atoms with E-state index in [-0.39, 0.29) is 17.9 Å². The number of carbonyl (C=O) groups excluding carboxylic acids is 2. The summed E-state index contributed by atoms with van der Waals surface area (Å²) in [5.74, 6) is 1.02. The second-order valence-electron chi connectivity index (χ2n) is 9.35. The first-order valence-electron chi connectivity index (χ1n) is 11.5. The van der Waals surface area contributed by atoms with Crippen molar-refractivity contribution in [3.63, 3.8) is 0 Å². The summed E-state index contributed by atoms with van der Waals surface area (Å²) in [5.41, 5.74) is 3.96. The van der Waals surface area contributed by atoms with Crippen molar-refractivity contribution in [2.75, 3.05) is 37.0 Å². The number of nitrogens with zero attached hydrogens (tertiary/aromatic N) is 3. The zero-order valence-corrected chi connectivity index (χ0v) is 19.1. The number of fused-ring (bicyclic) bond motifs is 3. The lowest BCUT2D eigenvalue weighted by atomic mass is 9.73. The van der Waals surface area contributed by atoms with Gasteiger partial charge in [-0.1, -0.05) is 0 Å². The maximum atomic E-state index is 12.9. The fraction of sp³-hybridized carbons (Fsp3) is 0.423. The zero-order valence-electron chi connectivity index (χ0n) is 19.1. The fourth-order valence-corrected chi connectivity index (χ4v) is 5.37. The lowest BCUT2D eigenvalue weighted by Crippen LogP contribution is -2.50. The number of carbonyl (C=O) groups is 2. The normalized spacial score (nSPS) is 20.1. The summed E-state index contributed by atoms with van der Waals surface area (Å²) in [6, 6.07) is 13.8. The Hall–Kier alpha value is -3.37. The Kier molecular flexibility index (Phi) is 5.34. The van der Waals surface area contributed by atoms with Gasteiger partial charge < -0.3 is 15.0 Å². The van der Waals surface area contributed by atoms with Crippen molar-refractivity contribution in [2.24, 2.45) is 0 Å². The Morgan fingerprint density at radius 2 is 1.94 bits per heavy atom. The number of rotatable bonds is 4.